The highest BCUT2D eigenvalue weighted by Gasteiger charge is 2.21. The number of rotatable bonds is 8. The van der Waals surface area contributed by atoms with E-state index in [1.807, 2.05) is 0 Å². The summed E-state index contributed by atoms with van der Waals surface area (Å²) in [5.74, 6) is 0. The van der Waals surface area contributed by atoms with Crippen LogP contribution in [-0.4, -0.2) is 12.8 Å². The summed E-state index contributed by atoms with van der Waals surface area (Å²) in [4.78, 5) is 2.42. The molecule has 6 rings (SSSR count). The topological polar surface area (TPSA) is 3.24 Å². The van der Waals surface area contributed by atoms with E-state index in [1.165, 1.54) is 38.9 Å². The standard InChI is InChI=1S/C38H32BN/c1-5-13-33(14-6-1)39(34-15-7-2-8-16-34)35-27-23-31(24-28-35)21-22-32-25-29-38(30-26-32)40(36-17-9-3-10-18-36)37-19-11-4-12-20-37/h1-19,21-30,37H,20H2/b22-21+. The van der Waals surface area contributed by atoms with Crippen molar-refractivity contribution in [3.8, 4) is 0 Å². The maximum Gasteiger partial charge on any atom is 0.241 e. The van der Waals surface area contributed by atoms with Crippen LogP contribution in [0, 0.1) is 0 Å². The first-order valence-electron chi connectivity index (χ1n) is 14.0. The van der Waals surface area contributed by atoms with E-state index in [1.54, 1.807) is 0 Å². The molecule has 1 nitrogen and oxygen atoms in total. The average molecular weight is 513 g/mol. The van der Waals surface area contributed by atoms with Crippen LogP contribution in [0.5, 0.6) is 0 Å². The Morgan fingerprint density at radius 3 is 1.50 bits per heavy atom. The average Bonchev–Trinajstić information content (AvgIpc) is 3.04. The van der Waals surface area contributed by atoms with Crippen molar-refractivity contribution in [2.24, 2.45) is 0 Å². The second-order valence-corrected chi connectivity index (χ2v) is 10.2. The molecular weight excluding hydrogens is 481 g/mol. The molecule has 5 aromatic carbocycles. The Kier molecular flexibility index (Phi) is 7.87. The van der Waals surface area contributed by atoms with E-state index in [0.717, 1.165) is 6.42 Å². The zero-order chi connectivity index (χ0) is 27.0. The molecule has 1 atom stereocenters. The summed E-state index contributed by atoms with van der Waals surface area (Å²) in [5, 5.41) is 0. The van der Waals surface area contributed by atoms with Gasteiger partial charge in [-0.15, -0.1) is 0 Å². The molecule has 0 aliphatic heterocycles. The number of allylic oxidation sites excluding steroid dienone is 2. The van der Waals surface area contributed by atoms with Crippen LogP contribution in [0.2, 0.25) is 0 Å². The third-order valence-corrected chi connectivity index (χ3v) is 7.50. The van der Waals surface area contributed by atoms with E-state index in [9.17, 15) is 0 Å². The van der Waals surface area contributed by atoms with Crippen molar-refractivity contribution in [1.29, 1.82) is 0 Å². The highest BCUT2D eigenvalue weighted by molar-refractivity contribution is 6.95. The van der Waals surface area contributed by atoms with Crippen LogP contribution in [0.1, 0.15) is 17.5 Å². The summed E-state index contributed by atoms with van der Waals surface area (Å²) in [6.07, 6.45) is 14.2. The van der Waals surface area contributed by atoms with Gasteiger partial charge in [-0.2, -0.15) is 0 Å². The van der Waals surface area contributed by atoms with Gasteiger partial charge in [-0.05, 0) is 41.8 Å². The lowest BCUT2D eigenvalue weighted by Crippen LogP contribution is -2.51. The van der Waals surface area contributed by atoms with Crippen molar-refractivity contribution >= 4 is 46.6 Å². The number of benzene rings is 5. The van der Waals surface area contributed by atoms with Crippen molar-refractivity contribution < 1.29 is 0 Å². The van der Waals surface area contributed by atoms with Crippen molar-refractivity contribution in [2.45, 2.75) is 12.5 Å². The molecule has 1 aliphatic rings. The van der Waals surface area contributed by atoms with Gasteiger partial charge in [0.1, 0.15) is 0 Å². The molecule has 0 spiro atoms. The number of hydrogen-bond acceptors (Lipinski definition) is 1. The number of hydrogen-bond donors (Lipinski definition) is 0. The molecular formula is C38H32BN. The van der Waals surface area contributed by atoms with E-state index in [4.69, 9.17) is 0 Å². The van der Waals surface area contributed by atoms with Crippen LogP contribution in [0.4, 0.5) is 11.4 Å². The highest BCUT2D eigenvalue weighted by Crippen LogP contribution is 2.31. The fourth-order valence-electron chi connectivity index (χ4n) is 5.49. The van der Waals surface area contributed by atoms with Gasteiger partial charge < -0.3 is 4.90 Å². The van der Waals surface area contributed by atoms with E-state index < -0.39 is 0 Å². The van der Waals surface area contributed by atoms with Crippen LogP contribution in [0.3, 0.4) is 0 Å². The quantitative estimate of drug-likeness (QED) is 0.154. The molecule has 5 aromatic rings. The SMILES string of the molecule is C1=CCC(N(c2ccccc2)c2ccc(/C=C/c3ccc(B(c4ccccc4)c4ccccc4)cc3)cc2)C=C1. The maximum atomic E-state index is 2.42. The minimum absolute atomic E-state index is 0.218. The van der Waals surface area contributed by atoms with Gasteiger partial charge in [0.2, 0.25) is 6.71 Å². The molecule has 0 saturated heterocycles. The summed E-state index contributed by atoms with van der Waals surface area (Å²) in [6, 6.07) is 50.3. The molecule has 0 radical (unpaired) electrons. The molecule has 40 heavy (non-hydrogen) atoms. The summed E-state index contributed by atoms with van der Waals surface area (Å²) in [6.45, 7) is 0.218. The zero-order valence-electron chi connectivity index (χ0n) is 22.6. The molecule has 2 heteroatoms. The highest BCUT2D eigenvalue weighted by atomic mass is 15.2. The van der Waals surface area contributed by atoms with E-state index in [-0.39, 0.29) is 6.71 Å². The largest absolute Gasteiger partial charge is 0.334 e. The van der Waals surface area contributed by atoms with Gasteiger partial charge in [0.25, 0.3) is 0 Å². The van der Waals surface area contributed by atoms with Crippen LogP contribution in [-0.2, 0) is 0 Å². The van der Waals surface area contributed by atoms with Gasteiger partial charge in [0.15, 0.2) is 0 Å². The van der Waals surface area contributed by atoms with Crippen LogP contribution in [0.15, 0.2) is 164 Å². The lowest BCUT2D eigenvalue weighted by atomic mass is 9.37. The van der Waals surface area contributed by atoms with Gasteiger partial charge in [0, 0.05) is 11.4 Å². The van der Waals surface area contributed by atoms with Crippen LogP contribution >= 0.6 is 0 Å². The van der Waals surface area contributed by atoms with E-state index >= 15 is 0 Å². The monoisotopic (exact) mass is 513 g/mol. The molecule has 0 amide bonds. The van der Waals surface area contributed by atoms with Gasteiger partial charge in [-0.25, -0.2) is 0 Å². The lowest BCUT2D eigenvalue weighted by Gasteiger charge is -2.32. The van der Waals surface area contributed by atoms with E-state index in [0.29, 0.717) is 6.04 Å². The number of nitrogens with zero attached hydrogens (tertiary/aromatic N) is 1. The first kappa shape index (κ1) is 25.5. The Labute approximate surface area is 238 Å². The summed E-state index contributed by atoms with van der Waals surface area (Å²) in [7, 11) is 0. The Morgan fingerprint density at radius 2 is 0.975 bits per heavy atom. The molecule has 0 fully saturated rings. The predicted molar refractivity (Wildman–Crippen MR) is 175 cm³/mol. The summed E-state index contributed by atoms with van der Waals surface area (Å²) >= 11 is 0. The minimum Gasteiger partial charge on any atom is -0.334 e. The van der Waals surface area contributed by atoms with Crippen LogP contribution in [0.25, 0.3) is 12.2 Å². The van der Waals surface area contributed by atoms with E-state index in [2.05, 4.69) is 181 Å². The van der Waals surface area contributed by atoms with Crippen molar-refractivity contribution in [3.05, 3.63) is 175 Å². The fraction of sp³-hybridized carbons (Fsp3) is 0.0526. The smallest absolute Gasteiger partial charge is 0.241 e. The first-order chi connectivity index (χ1) is 19.8. The number of anilines is 2. The second-order valence-electron chi connectivity index (χ2n) is 10.2. The Morgan fingerprint density at radius 1 is 0.500 bits per heavy atom. The maximum absolute atomic E-state index is 2.42. The molecule has 0 bridgehead atoms. The Bertz CT molecular complexity index is 1550. The number of para-hydroxylation sites is 1. The summed E-state index contributed by atoms with van der Waals surface area (Å²) in [5.41, 5.74) is 8.70. The second kappa shape index (κ2) is 12.4. The normalized spacial score (nSPS) is 14.3. The van der Waals surface area contributed by atoms with Gasteiger partial charge in [-0.3, -0.25) is 0 Å². The third-order valence-electron chi connectivity index (χ3n) is 7.50. The molecule has 0 aromatic heterocycles. The first-order valence-corrected chi connectivity index (χ1v) is 14.0. The Hall–Kier alpha value is -4.82. The third kappa shape index (κ3) is 5.92. The molecule has 0 N–H and O–H groups in total. The molecule has 0 saturated carbocycles. The molecule has 1 aliphatic carbocycles. The van der Waals surface area contributed by atoms with Crippen LogP contribution < -0.4 is 21.3 Å². The fourth-order valence-corrected chi connectivity index (χ4v) is 5.49. The molecule has 0 heterocycles. The predicted octanol–water partition coefficient (Wildman–Crippen LogP) is 7.40. The molecule has 1 unspecified atom stereocenters. The molecule has 192 valence electrons. The Balaban J connectivity index is 1.21. The lowest BCUT2D eigenvalue weighted by molar-refractivity contribution is 0.785. The van der Waals surface area contributed by atoms with Crippen molar-refractivity contribution in [2.75, 3.05) is 4.90 Å². The van der Waals surface area contributed by atoms with Crippen molar-refractivity contribution in [3.63, 3.8) is 0 Å². The zero-order valence-corrected chi connectivity index (χ0v) is 22.6. The van der Waals surface area contributed by atoms with Gasteiger partial charge >= 0.3 is 0 Å². The summed E-state index contributed by atoms with van der Waals surface area (Å²) < 4.78 is 0. The van der Waals surface area contributed by atoms with Crippen molar-refractivity contribution in [1.82, 2.24) is 0 Å². The minimum atomic E-state index is 0.218. The van der Waals surface area contributed by atoms with Gasteiger partial charge in [0.05, 0.1) is 6.04 Å². The van der Waals surface area contributed by atoms with Gasteiger partial charge in [-0.1, -0.05) is 168 Å².